The van der Waals surface area contributed by atoms with E-state index in [1.165, 1.54) is 46.8 Å². The topological polar surface area (TPSA) is 342 Å². The summed E-state index contributed by atoms with van der Waals surface area (Å²) < 4.78 is 27.9. The first kappa shape index (κ1) is 91.5. The van der Waals surface area contributed by atoms with E-state index in [1.807, 2.05) is 41.5 Å². The van der Waals surface area contributed by atoms with Gasteiger partial charge in [0.1, 0.15) is 22.3 Å². The molecule has 5 heterocycles. The van der Waals surface area contributed by atoms with E-state index in [2.05, 4.69) is 56.5 Å². The number of hydrogen-bond donors (Lipinski definition) is 7. The molecule has 31 heteroatoms. The molecule has 0 radical (unpaired) electrons. The standard InChI is InChI=1S/C23H25Cl2N5O3.C15H26N4O3.C13H9Cl2NO3.C10H22N2O2.C5H5ClN2O.3CH4/c1-33-20-9-12-28-23(29-20)27-11-4-2-3-10-26-21(31)17-6-5-13-30(22(17)32)15-16-7-8-18(24)19(25)14-16;1-15(2,3)22-14(20)18-10-7-5-6-9-16-13-17-11-8-12(19-13)21-4;14-10-4-3-8(6-11(10)15)7-16-5-1-2-9(12(16)17)13(18)19;1-10(2,3)14-9(13)12-8-6-4-5-7-11;1-9-4-2-3-7-5(6)8-4;;;/h5-9,12-14H,2-4,10-11,15H2,1H3,(H,26,31)(H,27,28,29);8,11H,5-7,9-10H2,1-4H3,(H,18,20)(H,16,17,19);1-6H,7H2,(H,18,19);4-8,11H2,1-3H3,(H,12,13);2-3H,1H3;3*1H4. The Morgan fingerprint density at radius 1 is 0.490 bits per heavy atom. The molecular weight excluding hydrogens is 1390 g/mol. The Morgan fingerprint density at radius 3 is 1.25 bits per heavy atom. The van der Waals surface area contributed by atoms with E-state index in [4.69, 9.17) is 92.5 Å². The van der Waals surface area contributed by atoms with Crippen LogP contribution in [0.1, 0.15) is 153 Å². The number of hydrogen-bond acceptors (Lipinski definition) is 20. The molecular formula is C69H99Cl5N14O12. The fraction of sp³-hybridized carbons (Fsp3) is 0.449. The van der Waals surface area contributed by atoms with Crippen LogP contribution in [0.25, 0.3) is 0 Å². The molecule has 552 valence electrons. The molecule has 8 N–H and O–H groups in total. The van der Waals surface area contributed by atoms with Crippen LogP contribution in [0.2, 0.25) is 25.4 Å². The number of anilines is 2. The number of nitrogens with zero attached hydrogens (tertiary/aromatic N) is 8. The number of aromatic nitrogens is 8. The van der Waals surface area contributed by atoms with Crippen LogP contribution in [0.5, 0.6) is 17.6 Å². The summed E-state index contributed by atoms with van der Waals surface area (Å²) >= 11 is 29.1. The lowest BCUT2D eigenvalue weighted by Gasteiger charge is -2.19. The van der Waals surface area contributed by atoms with Crippen molar-refractivity contribution in [1.29, 1.82) is 0 Å². The number of carbonyl (C=O) groups is 4. The number of halogens is 5. The molecule has 100 heavy (non-hydrogen) atoms. The van der Waals surface area contributed by atoms with Crippen LogP contribution in [0.3, 0.4) is 0 Å². The Kier molecular flexibility index (Phi) is 45.6. The minimum atomic E-state index is -1.24. The van der Waals surface area contributed by atoms with E-state index in [1.54, 1.807) is 93.5 Å². The Labute approximate surface area is 612 Å². The maximum atomic E-state index is 12.7. The number of pyridine rings is 2. The predicted molar refractivity (Wildman–Crippen MR) is 399 cm³/mol. The second-order valence-corrected chi connectivity index (χ2v) is 24.6. The Balaban J connectivity index is 0.00000129. The average molecular weight is 1490 g/mol. The van der Waals surface area contributed by atoms with Crippen molar-refractivity contribution in [3.63, 3.8) is 0 Å². The molecule has 3 amide bonds. The van der Waals surface area contributed by atoms with Gasteiger partial charge in [0, 0.05) is 81.9 Å². The zero-order chi connectivity index (χ0) is 71.8. The molecule has 7 rings (SSSR count). The van der Waals surface area contributed by atoms with E-state index in [0.717, 1.165) is 75.5 Å². The molecule has 0 aliphatic rings. The number of amides is 3. The summed E-state index contributed by atoms with van der Waals surface area (Å²) in [5, 5.41) is 25.3. The number of carboxylic acid groups (broad SMARTS) is 1. The minimum Gasteiger partial charge on any atom is -0.481 e. The number of alkyl carbamates (subject to hydrolysis) is 2. The van der Waals surface area contributed by atoms with Crippen molar-refractivity contribution < 1.29 is 48.0 Å². The largest absolute Gasteiger partial charge is 0.481 e. The average Bonchev–Trinajstić information content (AvgIpc) is 0.837. The molecule has 0 saturated heterocycles. The van der Waals surface area contributed by atoms with Crippen LogP contribution in [-0.4, -0.2) is 140 Å². The monoisotopic (exact) mass is 1490 g/mol. The lowest BCUT2D eigenvalue weighted by atomic mass is 10.2. The number of methoxy groups -OCH3 is 3. The van der Waals surface area contributed by atoms with Gasteiger partial charge in [0.15, 0.2) is 0 Å². The predicted octanol–water partition coefficient (Wildman–Crippen LogP) is 14.2. The number of ether oxygens (including phenoxy) is 5. The fourth-order valence-corrected chi connectivity index (χ4v) is 8.63. The van der Waals surface area contributed by atoms with Crippen molar-refractivity contribution in [3.8, 4) is 17.6 Å². The third-order valence-electron chi connectivity index (χ3n) is 12.5. The number of rotatable bonds is 28. The number of aromatic carboxylic acids is 1. The van der Waals surface area contributed by atoms with Gasteiger partial charge in [-0.15, -0.1) is 0 Å². The van der Waals surface area contributed by atoms with Crippen molar-refractivity contribution in [1.82, 2.24) is 55.0 Å². The summed E-state index contributed by atoms with van der Waals surface area (Å²) in [6, 6.07) is 21.2. The molecule has 7 aromatic rings. The molecule has 26 nitrogen and oxygen atoms in total. The van der Waals surface area contributed by atoms with Crippen LogP contribution in [0, 0.1) is 0 Å². The highest BCUT2D eigenvalue weighted by Gasteiger charge is 2.18. The van der Waals surface area contributed by atoms with E-state index < -0.39 is 22.7 Å². The van der Waals surface area contributed by atoms with Gasteiger partial charge in [0.25, 0.3) is 17.0 Å². The Bertz CT molecular complexity index is 3670. The van der Waals surface area contributed by atoms with Crippen LogP contribution in [0.4, 0.5) is 21.5 Å². The number of nitrogens with one attached hydrogen (secondary N) is 5. The quantitative estimate of drug-likeness (QED) is 0.0177. The molecule has 5 aromatic heterocycles. The van der Waals surface area contributed by atoms with E-state index in [9.17, 15) is 28.8 Å². The van der Waals surface area contributed by atoms with Gasteiger partial charge in [-0.05, 0) is 171 Å². The minimum absolute atomic E-state index is 0. The second-order valence-electron chi connectivity index (χ2n) is 22.7. The van der Waals surface area contributed by atoms with Crippen molar-refractivity contribution in [2.75, 3.05) is 71.2 Å². The molecule has 0 aliphatic carbocycles. The van der Waals surface area contributed by atoms with Gasteiger partial charge in [-0.25, -0.2) is 29.3 Å². The van der Waals surface area contributed by atoms with E-state index >= 15 is 0 Å². The number of carboxylic acids is 1. The molecule has 0 spiro atoms. The molecule has 0 unspecified atom stereocenters. The fourth-order valence-electron chi connectivity index (χ4n) is 7.85. The summed E-state index contributed by atoms with van der Waals surface area (Å²) in [7, 11) is 4.66. The highest BCUT2D eigenvalue weighted by molar-refractivity contribution is 6.42. The zero-order valence-electron chi connectivity index (χ0n) is 55.9. The van der Waals surface area contributed by atoms with Crippen molar-refractivity contribution >= 4 is 94.0 Å². The Hall–Kier alpha value is -8.53. The zero-order valence-corrected chi connectivity index (χ0v) is 59.7. The van der Waals surface area contributed by atoms with Gasteiger partial charge < -0.3 is 70.2 Å². The van der Waals surface area contributed by atoms with Gasteiger partial charge >= 0.3 is 18.2 Å². The van der Waals surface area contributed by atoms with E-state index in [-0.39, 0.29) is 68.9 Å². The number of nitrogens with two attached hydrogens (primary N) is 1. The molecule has 0 fully saturated rings. The summed E-state index contributed by atoms with van der Waals surface area (Å²) in [6.45, 7) is 15.6. The highest BCUT2D eigenvalue weighted by Crippen LogP contribution is 2.24. The van der Waals surface area contributed by atoms with Crippen molar-refractivity contribution in [2.24, 2.45) is 5.73 Å². The third-order valence-corrected chi connectivity index (χ3v) is 14.1. The molecule has 0 atom stereocenters. The summed E-state index contributed by atoms with van der Waals surface area (Å²) in [6.07, 6.45) is 15.7. The second kappa shape index (κ2) is 49.9. The molecule has 2 aromatic carbocycles. The molecule has 0 bridgehead atoms. The van der Waals surface area contributed by atoms with Crippen LogP contribution >= 0.6 is 58.0 Å². The lowest BCUT2D eigenvalue weighted by molar-refractivity contribution is 0.0515. The van der Waals surface area contributed by atoms with Crippen LogP contribution < -0.4 is 57.6 Å². The van der Waals surface area contributed by atoms with Gasteiger partial charge in [-0.3, -0.25) is 14.4 Å². The first-order valence-corrected chi connectivity index (χ1v) is 32.7. The SMILES string of the molecule is C.C.C.CC(C)(C)OC(=O)NCCCCCN.COc1ccnc(Cl)n1.COc1ccnc(NCCCCCNC(=O)OC(C)(C)C)n1.COc1ccnc(NCCCCCNC(=O)c2cccn(Cc3ccc(Cl)c(Cl)c3)c2=O)n1.O=C(O)c1cccn(Cc2ccc(Cl)c(Cl)c2)c1=O. The summed E-state index contributed by atoms with van der Waals surface area (Å²) in [5.74, 6) is 0.983. The van der Waals surface area contributed by atoms with Crippen LogP contribution in [-0.2, 0) is 22.6 Å². The Morgan fingerprint density at radius 2 is 0.870 bits per heavy atom. The maximum absolute atomic E-state index is 12.7. The molecule has 0 aliphatic heterocycles. The van der Waals surface area contributed by atoms with E-state index in [0.29, 0.717) is 88.9 Å². The number of unbranched alkanes of at least 4 members (excludes halogenated alkanes) is 6. The van der Waals surface area contributed by atoms with Crippen molar-refractivity contribution in [3.05, 3.63) is 178 Å². The van der Waals surface area contributed by atoms with Gasteiger partial charge in [-0.2, -0.15) is 15.0 Å². The lowest BCUT2D eigenvalue weighted by Crippen LogP contribution is -2.33. The smallest absolute Gasteiger partial charge is 0.407 e. The van der Waals surface area contributed by atoms with Gasteiger partial charge in [0.05, 0.1) is 54.5 Å². The first-order chi connectivity index (χ1) is 46.1. The van der Waals surface area contributed by atoms with Gasteiger partial charge in [0.2, 0.25) is 34.8 Å². The number of carbonyl (C=O) groups excluding carboxylic acids is 3. The van der Waals surface area contributed by atoms with Crippen LogP contribution in [0.15, 0.2) is 119 Å². The normalized spacial score (nSPS) is 10.3. The highest BCUT2D eigenvalue weighted by atomic mass is 35.5. The summed E-state index contributed by atoms with van der Waals surface area (Å²) in [5.41, 5.74) is 4.98. The molecule has 0 saturated carbocycles. The first-order valence-electron chi connectivity index (χ1n) is 30.8. The maximum Gasteiger partial charge on any atom is 0.407 e. The third kappa shape index (κ3) is 38.7. The number of benzene rings is 2. The van der Waals surface area contributed by atoms with Gasteiger partial charge in [-0.1, -0.05) is 87.2 Å². The van der Waals surface area contributed by atoms with Crippen molar-refractivity contribution in [2.45, 2.75) is 146 Å². The summed E-state index contributed by atoms with van der Waals surface area (Å²) in [4.78, 5) is 94.5.